The summed E-state index contributed by atoms with van der Waals surface area (Å²) in [5, 5.41) is 10.1. The van der Waals surface area contributed by atoms with Gasteiger partial charge < -0.3 is 14.6 Å². The van der Waals surface area contributed by atoms with E-state index in [1.807, 2.05) is 13.0 Å². The van der Waals surface area contributed by atoms with Crippen molar-refractivity contribution in [1.82, 2.24) is 0 Å². The molecule has 0 aromatic heterocycles. The third kappa shape index (κ3) is 6.60. The zero-order valence-electron chi connectivity index (χ0n) is 17.6. The fourth-order valence-corrected chi connectivity index (χ4v) is 5.62. The van der Waals surface area contributed by atoms with Crippen LogP contribution in [0, 0.1) is 17.8 Å². The van der Waals surface area contributed by atoms with Gasteiger partial charge in [0, 0.05) is 16.3 Å². The molecule has 1 heterocycles. The Hall–Kier alpha value is -0.280. The number of alkyl halides is 3. The molecule has 29 heavy (non-hydrogen) atoms. The number of fused-ring (bicyclic) bond motifs is 1. The summed E-state index contributed by atoms with van der Waals surface area (Å²) < 4.78 is 40.1. The molecule has 2 rings (SSSR count). The molecule has 0 spiro atoms. The monoisotopic (exact) mass is 528 g/mol. The van der Waals surface area contributed by atoms with Gasteiger partial charge in [0.25, 0.3) is 0 Å². The molecule has 1 aliphatic heterocycles. The van der Waals surface area contributed by atoms with Gasteiger partial charge in [0.2, 0.25) is 0 Å². The first-order chi connectivity index (χ1) is 13.8. The predicted octanol–water partition coefficient (Wildman–Crippen LogP) is 4.96. The highest BCUT2D eigenvalue weighted by Crippen LogP contribution is 2.50. The van der Waals surface area contributed by atoms with Gasteiger partial charge in [0.15, 0.2) is 0 Å². The van der Waals surface area contributed by atoms with Crippen molar-refractivity contribution < 1.29 is 28.2 Å². The lowest BCUT2D eigenvalue weighted by molar-refractivity contribution is -0.140. The van der Waals surface area contributed by atoms with Gasteiger partial charge in [-0.05, 0) is 37.5 Å². The molecule has 9 atom stereocenters. The molecule has 0 radical (unpaired) electrons. The van der Waals surface area contributed by atoms with E-state index in [0.29, 0.717) is 25.7 Å². The zero-order valence-corrected chi connectivity index (χ0v) is 19.8. The first-order valence-electron chi connectivity index (χ1n) is 10.8. The van der Waals surface area contributed by atoms with Gasteiger partial charge in [0.1, 0.15) is 24.6 Å². The Morgan fingerprint density at radius 2 is 2.10 bits per heavy atom. The topological polar surface area (TPSA) is 55.8 Å². The first-order valence-corrected chi connectivity index (χ1v) is 12.1. The number of hydrogen-bond donors (Lipinski definition) is 1. The van der Waals surface area contributed by atoms with Gasteiger partial charge >= 0.3 is 5.97 Å². The lowest BCUT2D eigenvalue weighted by Gasteiger charge is -2.25. The average Bonchev–Trinajstić information content (AvgIpc) is 3.18. The summed E-state index contributed by atoms with van der Waals surface area (Å²) in [7, 11) is 1.36. The van der Waals surface area contributed by atoms with Crippen molar-refractivity contribution in [1.29, 1.82) is 0 Å². The molecule has 0 bridgehead atoms. The number of hydrogen-bond acceptors (Lipinski definition) is 4. The molecule has 4 nitrogen and oxygen atoms in total. The van der Waals surface area contributed by atoms with Crippen LogP contribution in [0.4, 0.5) is 8.78 Å². The van der Waals surface area contributed by atoms with Crippen molar-refractivity contribution in [3.8, 4) is 0 Å². The number of allylic oxidation sites excluding steroid dienone is 1. The van der Waals surface area contributed by atoms with E-state index in [0.717, 1.165) is 19.3 Å². The summed E-state index contributed by atoms with van der Waals surface area (Å²) in [6.45, 7) is 4.05. The molecular weight excluding hydrogens is 493 g/mol. The van der Waals surface area contributed by atoms with E-state index in [2.05, 4.69) is 34.3 Å². The second-order valence-electron chi connectivity index (χ2n) is 8.47. The standard InChI is InChI=1S/C22H35F2IO4/c1-4-5-7-15(23)17(26)11-10-14-13(2)12-18-20(14)21(24)22(29-18)16(25)8-6-9-19(27)28-3/h10-11,13-18,20-22,26H,4-9,12H2,1-3H3/b11-10+/t13-,14+,15?,16?,17-,18-,20-,21?,22+/m1/s1. The van der Waals surface area contributed by atoms with E-state index >= 15 is 4.39 Å². The number of unbranched alkanes of at least 4 members (excludes halogenated alkanes) is 1. The van der Waals surface area contributed by atoms with Crippen LogP contribution in [0.25, 0.3) is 0 Å². The molecular formula is C22H35F2IO4. The van der Waals surface area contributed by atoms with Gasteiger partial charge in [-0.15, -0.1) is 0 Å². The zero-order chi connectivity index (χ0) is 21.6. The fraction of sp³-hybridized carbons (Fsp3) is 0.864. The minimum atomic E-state index is -1.28. The van der Waals surface area contributed by atoms with Crippen LogP contribution in [-0.2, 0) is 14.3 Å². The van der Waals surface area contributed by atoms with Crippen molar-refractivity contribution in [2.75, 3.05) is 7.11 Å². The minimum Gasteiger partial charge on any atom is -0.469 e. The van der Waals surface area contributed by atoms with E-state index in [1.54, 1.807) is 0 Å². The molecule has 0 aromatic rings. The molecule has 1 saturated heterocycles. The molecule has 2 fully saturated rings. The van der Waals surface area contributed by atoms with E-state index in [-0.39, 0.29) is 33.8 Å². The minimum absolute atomic E-state index is 0.0207. The van der Waals surface area contributed by atoms with Crippen LogP contribution in [0.2, 0.25) is 0 Å². The van der Waals surface area contributed by atoms with E-state index in [1.165, 1.54) is 13.2 Å². The average molecular weight is 528 g/mol. The number of aliphatic hydroxyl groups is 1. The number of esters is 1. The number of rotatable bonds is 11. The third-order valence-corrected chi connectivity index (χ3v) is 7.66. The number of methoxy groups -OCH3 is 1. The number of ether oxygens (including phenoxy) is 2. The smallest absolute Gasteiger partial charge is 0.305 e. The molecule has 1 saturated carbocycles. The van der Waals surface area contributed by atoms with Crippen molar-refractivity contribution in [2.24, 2.45) is 17.8 Å². The maximum atomic E-state index is 15.3. The summed E-state index contributed by atoms with van der Waals surface area (Å²) >= 11 is 2.22. The van der Waals surface area contributed by atoms with Gasteiger partial charge in [0.05, 0.1) is 13.2 Å². The van der Waals surface area contributed by atoms with Crippen molar-refractivity contribution in [2.45, 2.75) is 93.4 Å². The highest BCUT2D eigenvalue weighted by Gasteiger charge is 2.55. The van der Waals surface area contributed by atoms with Crippen LogP contribution < -0.4 is 0 Å². The van der Waals surface area contributed by atoms with E-state index < -0.39 is 24.6 Å². The van der Waals surface area contributed by atoms with Crippen LogP contribution in [0.1, 0.15) is 58.8 Å². The Kier molecular flexibility index (Phi) is 10.3. The molecule has 2 aliphatic rings. The summed E-state index contributed by atoms with van der Waals surface area (Å²) in [6, 6.07) is 0. The Balaban J connectivity index is 1.93. The third-order valence-electron chi connectivity index (χ3n) is 6.33. The van der Waals surface area contributed by atoms with Crippen molar-refractivity contribution in [3.05, 3.63) is 12.2 Å². The molecule has 0 aromatic carbocycles. The lowest BCUT2D eigenvalue weighted by atomic mass is 9.84. The molecule has 0 amide bonds. The number of carbonyl (C=O) groups excluding carboxylic acids is 1. The summed E-state index contributed by atoms with van der Waals surface area (Å²) in [6.07, 6.45) is 3.59. The van der Waals surface area contributed by atoms with E-state index in [9.17, 15) is 14.3 Å². The van der Waals surface area contributed by atoms with Crippen LogP contribution >= 0.6 is 22.6 Å². The Morgan fingerprint density at radius 1 is 1.38 bits per heavy atom. The van der Waals surface area contributed by atoms with Crippen molar-refractivity contribution in [3.63, 3.8) is 0 Å². The SMILES string of the molecule is CCCCC(F)[C@H](O)/C=C/[C@@H]1[C@H]2C(F)[C@H](C(I)CCCC(=O)OC)O[C@@H]2C[C@H]1C. The highest BCUT2D eigenvalue weighted by molar-refractivity contribution is 14.1. The second kappa shape index (κ2) is 11.9. The summed E-state index contributed by atoms with van der Waals surface area (Å²) in [4.78, 5) is 11.3. The van der Waals surface area contributed by atoms with Crippen molar-refractivity contribution >= 4 is 28.6 Å². The Bertz CT molecular complexity index is 547. The molecule has 1 aliphatic carbocycles. The van der Waals surface area contributed by atoms with Crippen LogP contribution in [0.15, 0.2) is 12.2 Å². The summed E-state index contributed by atoms with van der Waals surface area (Å²) in [5.41, 5.74) is 0. The maximum Gasteiger partial charge on any atom is 0.305 e. The van der Waals surface area contributed by atoms with Gasteiger partial charge in [-0.2, -0.15) is 0 Å². The first kappa shape index (κ1) is 25.0. The molecule has 3 unspecified atom stereocenters. The van der Waals surface area contributed by atoms with Crippen LogP contribution in [0.5, 0.6) is 0 Å². The Morgan fingerprint density at radius 3 is 2.76 bits per heavy atom. The van der Waals surface area contributed by atoms with Gasteiger partial charge in [-0.1, -0.05) is 61.4 Å². The van der Waals surface area contributed by atoms with Gasteiger partial charge in [-0.3, -0.25) is 4.79 Å². The lowest BCUT2D eigenvalue weighted by Crippen LogP contribution is -2.33. The molecule has 168 valence electrons. The quantitative estimate of drug-likeness (QED) is 0.178. The number of aliphatic hydroxyl groups excluding tert-OH is 1. The maximum absolute atomic E-state index is 15.3. The fourth-order valence-electron chi connectivity index (χ4n) is 4.61. The number of halogens is 3. The largest absolute Gasteiger partial charge is 0.469 e. The van der Waals surface area contributed by atoms with Crippen LogP contribution in [-0.4, -0.2) is 52.8 Å². The number of carbonyl (C=O) groups is 1. The normalized spacial score (nSPS) is 34.9. The van der Waals surface area contributed by atoms with Crippen LogP contribution in [0.3, 0.4) is 0 Å². The molecule has 1 N–H and O–H groups in total. The Labute approximate surface area is 186 Å². The highest BCUT2D eigenvalue weighted by atomic mass is 127. The summed E-state index contributed by atoms with van der Waals surface area (Å²) in [5.74, 6) is -0.345. The van der Waals surface area contributed by atoms with Gasteiger partial charge in [-0.25, -0.2) is 8.78 Å². The molecule has 7 heteroatoms. The predicted molar refractivity (Wildman–Crippen MR) is 118 cm³/mol. The van der Waals surface area contributed by atoms with E-state index in [4.69, 9.17) is 4.74 Å². The second-order valence-corrected chi connectivity index (χ2v) is 10.1.